The molecule has 4 nitrogen and oxygen atoms in total. The van der Waals surface area contributed by atoms with Gasteiger partial charge in [-0.3, -0.25) is 4.90 Å². The van der Waals surface area contributed by atoms with Crippen LogP contribution in [0.4, 0.5) is 0 Å². The van der Waals surface area contributed by atoms with E-state index in [1.807, 2.05) is 6.08 Å². The molecule has 0 aliphatic carbocycles. The van der Waals surface area contributed by atoms with Crippen molar-refractivity contribution in [2.24, 2.45) is 0 Å². The number of hydrogen-bond donors (Lipinski definition) is 1. The van der Waals surface area contributed by atoms with Crippen LogP contribution in [-0.4, -0.2) is 61.2 Å². The molecule has 1 spiro atoms. The predicted octanol–water partition coefficient (Wildman–Crippen LogP) is 1.19. The zero-order chi connectivity index (χ0) is 12.8. The number of hydrogen-bond acceptors (Lipinski definition) is 4. The minimum atomic E-state index is 0.0239. The standard InChI is InChI=1S/C14H25NO3/c1-2-6-15(7-8-16)13-3-9-18-14(12-13)4-10-17-11-5-14/h2,13,16H,1,3-12H2. The van der Waals surface area contributed by atoms with Gasteiger partial charge in [0.1, 0.15) is 0 Å². The second-order valence-corrected chi connectivity index (χ2v) is 5.30. The van der Waals surface area contributed by atoms with E-state index in [9.17, 15) is 0 Å². The fourth-order valence-electron chi connectivity index (χ4n) is 3.12. The quantitative estimate of drug-likeness (QED) is 0.750. The van der Waals surface area contributed by atoms with E-state index in [0.717, 1.165) is 58.6 Å². The summed E-state index contributed by atoms with van der Waals surface area (Å²) in [5.74, 6) is 0. The molecule has 1 N–H and O–H groups in total. The molecule has 0 bridgehead atoms. The predicted molar refractivity (Wildman–Crippen MR) is 70.6 cm³/mol. The summed E-state index contributed by atoms with van der Waals surface area (Å²) in [4.78, 5) is 2.33. The van der Waals surface area contributed by atoms with E-state index in [-0.39, 0.29) is 12.2 Å². The van der Waals surface area contributed by atoms with Crippen LogP contribution in [0.1, 0.15) is 25.7 Å². The molecule has 0 saturated carbocycles. The third-order valence-electron chi connectivity index (χ3n) is 4.14. The van der Waals surface area contributed by atoms with Crippen molar-refractivity contribution >= 4 is 0 Å². The van der Waals surface area contributed by atoms with Crippen molar-refractivity contribution in [3.05, 3.63) is 12.7 Å². The number of ether oxygens (including phenoxy) is 2. The third kappa shape index (κ3) is 3.32. The van der Waals surface area contributed by atoms with Crippen LogP contribution in [0.3, 0.4) is 0 Å². The maximum atomic E-state index is 9.17. The molecule has 2 aliphatic rings. The molecule has 0 aromatic carbocycles. The Morgan fingerprint density at radius 1 is 1.33 bits per heavy atom. The van der Waals surface area contributed by atoms with Crippen LogP contribution in [0.25, 0.3) is 0 Å². The second-order valence-electron chi connectivity index (χ2n) is 5.30. The Kier molecular flexibility index (Phi) is 5.18. The van der Waals surface area contributed by atoms with E-state index in [0.29, 0.717) is 6.04 Å². The summed E-state index contributed by atoms with van der Waals surface area (Å²) in [6.07, 6.45) is 6.04. The molecule has 18 heavy (non-hydrogen) atoms. The summed E-state index contributed by atoms with van der Waals surface area (Å²) < 4.78 is 11.5. The lowest BCUT2D eigenvalue weighted by Gasteiger charge is -2.46. The molecule has 2 saturated heterocycles. The van der Waals surface area contributed by atoms with Gasteiger partial charge in [0, 0.05) is 39.0 Å². The topological polar surface area (TPSA) is 41.9 Å². The molecule has 0 amide bonds. The first-order valence-corrected chi connectivity index (χ1v) is 6.97. The van der Waals surface area contributed by atoms with Crippen LogP contribution in [0.15, 0.2) is 12.7 Å². The van der Waals surface area contributed by atoms with Gasteiger partial charge in [0.15, 0.2) is 0 Å². The van der Waals surface area contributed by atoms with Crippen molar-refractivity contribution < 1.29 is 14.6 Å². The van der Waals surface area contributed by atoms with E-state index in [1.165, 1.54) is 0 Å². The molecule has 1 atom stereocenters. The minimum absolute atomic E-state index is 0.0239. The van der Waals surface area contributed by atoms with Crippen LogP contribution in [0.5, 0.6) is 0 Å². The van der Waals surface area contributed by atoms with E-state index in [4.69, 9.17) is 14.6 Å². The molecule has 2 rings (SSSR count). The first-order chi connectivity index (χ1) is 8.79. The molecular weight excluding hydrogens is 230 g/mol. The maximum Gasteiger partial charge on any atom is 0.0741 e. The summed E-state index contributed by atoms with van der Waals surface area (Å²) in [5, 5.41) is 9.17. The summed E-state index contributed by atoms with van der Waals surface area (Å²) in [6.45, 7) is 8.04. The summed E-state index contributed by atoms with van der Waals surface area (Å²) in [6, 6.07) is 0.502. The molecule has 1 unspecified atom stereocenters. The Morgan fingerprint density at radius 2 is 2.11 bits per heavy atom. The first-order valence-electron chi connectivity index (χ1n) is 6.97. The number of rotatable bonds is 5. The van der Waals surface area contributed by atoms with Crippen molar-refractivity contribution in [2.75, 3.05) is 39.5 Å². The van der Waals surface area contributed by atoms with Gasteiger partial charge in [0.05, 0.1) is 12.2 Å². The Morgan fingerprint density at radius 3 is 2.78 bits per heavy atom. The molecule has 104 valence electrons. The summed E-state index contributed by atoms with van der Waals surface area (Å²) in [5.41, 5.74) is 0.0239. The van der Waals surface area contributed by atoms with E-state index in [2.05, 4.69) is 11.5 Å². The van der Waals surface area contributed by atoms with Gasteiger partial charge in [0.2, 0.25) is 0 Å². The maximum absolute atomic E-state index is 9.17. The highest BCUT2D eigenvalue weighted by Crippen LogP contribution is 2.35. The first kappa shape index (κ1) is 14.0. The summed E-state index contributed by atoms with van der Waals surface area (Å²) in [7, 11) is 0. The van der Waals surface area contributed by atoms with E-state index in [1.54, 1.807) is 0 Å². The normalized spacial score (nSPS) is 27.6. The second kappa shape index (κ2) is 6.66. The van der Waals surface area contributed by atoms with Gasteiger partial charge in [-0.25, -0.2) is 0 Å². The van der Waals surface area contributed by atoms with Crippen LogP contribution in [-0.2, 0) is 9.47 Å². The third-order valence-corrected chi connectivity index (χ3v) is 4.14. The lowest BCUT2D eigenvalue weighted by molar-refractivity contribution is -0.151. The molecule has 2 aliphatic heterocycles. The van der Waals surface area contributed by atoms with Gasteiger partial charge >= 0.3 is 0 Å². The Hall–Kier alpha value is -0.420. The fourth-order valence-corrected chi connectivity index (χ4v) is 3.12. The average Bonchev–Trinajstić information content (AvgIpc) is 2.39. The molecular formula is C14H25NO3. The van der Waals surface area contributed by atoms with Crippen LogP contribution >= 0.6 is 0 Å². The molecule has 0 aromatic rings. The van der Waals surface area contributed by atoms with Crippen molar-refractivity contribution in [2.45, 2.75) is 37.3 Å². The highest BCUT2D eigenvalue weighted by molar-refractivity contribution is 4.93. The highest BCUT2D eigenvalue weighted by atomic mass is 16.5. The Labute approximate surface area is 110 Å². The van der Waals surface area contributed by atoms with Crippen LogP contribution < -0.4 is 0 Å². The van der Waals surface area contributed by atoms with E-state index >= 15 is 0 Å². The highest BCUT2D eigenvalue weighted by Gasteiger charge is 2.40. The van der Waals surface area contributed by atoms with Crippen LogP contribution in [0, 0.1) is 0 Å². The average molecular weight is 255 g/mol. The molecule has 0 radical (unpaired) electrons. The lowest BCUT2D eigenvalue weighted by atomic mass is 9.83. The van der Waals surface area contributed by atoms with Gasteiger partial charge in [-0.1, -0.05) is 6.08 Å². The number of aliphatic hydroxyl groups is 1. The molecule has 0 aromatic heterocycles. The molecule has 2 heterocycles. The lowest BCUT2D eigenvalue weighted by Crippen LogP contribution is -2.51. The number of nitrogens with zero attached hydrogens (tertiary/aromatic N) is 1. The van der Waals surface area contributed by atoms with Crippen LogP contribution in [0.2, 0.25) is 0 Å². The Bertz CT molecular complexity index is 258. The number of aliphatic hydroxyl groups excluding tert-OH is 1. The van der Waals surface area contributed by atoms with Gasteiger partial charge in [0.25, 0.3) is 0 Å². The van der Waals surface area contributed by atoms with Gasteiger partial charge < -0.3 is 14.6 Å². The smallest absolute Gasteiger partial charge is 0.0741 e. The van der Waals surface area contributed by atoms with Crippen molar-refractivity contribution in [1.82, 2.24) is 4.90 Å². The summed E-state index contributed by atoms with van der Waals surface area (Å²) >= 11 is 0. The molecule has 2 fully saturated rings. The molecule has 4 heteroatoms. The minimum Gasteiger partial charge on any atom is -0.395 e. The zero-order valence-electron chi connectivity index (χ0n) is 11.1. The van der Waals surface area contributed by atoms with E-state index < -0.39 is 0 Å². The monoisotopic (exact) mass is 255 g/mol. The SMILES string of the molecule is C=CCN(CCO)C1CCOC2(CCOCC2)C1. The largest absolute Gasteiger partial charge is 0.395 e. The van der Waals surface area contributed by atoms with Crippen molar-refractivity contribution in [3.63, 3.8) is 0 Å². The van der Waals surface area contributed by atoms with Crippen molar-refractivity contribution in [3.8, 4) is 0 Å². The van der Waals surface area contributed by atoms with Crippen molar-refractivity contribution in [1.29, 1.82) is 0 Å². The van der Waals surface area contributed by atoms with Gasteiger partial charge in [-0.05, 0) is 25.7 Å². The van der Waals surface area contributed by atoms with Gasteiger partial charge in [-0.2, -0.15) is 0 Å². The Balaban J connectivity index is 1.97. The zero-order valence-corrected chi connectivity index (χ0v) is 11.1. The fraction of sp³-hybridized carbons (Fsp3) is 0.857. The van der Waals surface area contributed by atoms with Gasteiger partial charge in [-0.15, -0.1) is 6.58 Å².